The zero-order chi connectivity index (χ0) is 14.3. The summed E-state index contributed by atoms with van der Waals surface area (Å²) in [6, 6.07) is 6.40. The summed E-state index contributed by atoms with van der Waals surface area (Å²) in [5.74, 6) is 0. The maximum atomic E-state index is 13.3. The van der Waals surface area contributed by atoms with E-state index in [4.69, 9.17) is 4.18 Å². The minimum Gasteiger partial charge on any atom is -0.266 e. The topological polar surface area (TPSA) is 43.4 Å². The molecule has 1 aromatic rings. The lowest BCUT2D eigenvalue weighted by Crippen LogP contribution is -2.11. The highest BCUT2D eigenvalue weighted by molar-refractivity contribution is 7.86. The SMILES string of the molecule is CCCC[C@H](F)CCOS(=O)(=O)c1ccc(C)cc1. The maximum absolute atomic E-state index is 13.3. The van der Waals surface area contributed by atoms with Gasteiger partial charge in [-0.2, -0.15) is 8.42 Å². The van der Waals surface area contributed by atoms with Crippen LogP contribution >= 0.6 is 0 Å². The molecule has 1 atom stereocenters. The molecule has 0 N–H and O–H groups in total. The fourth-order valence-electron chi connectivity index (χ4n) is 1.63. The molecule has 1 rings (SSSR count). The van der Waals surface area contributed by atoms with Crippen molar-refractivity contribution in [2.75, 3.05) is 6.61 Å². The van der Waals surface area contributed by atoms with Crippen LogP contribution in [-0.4, -0.2) is 21.2 Å². The molecule has 0 aliphatic heterocycles. The average Bonchev–Trinajstić information content (AvgIpc) is 2.36. The predicted octanol–water partition coefficient (Wildman–Crippen LogP) is 3.62. The van der Waals surface area contributed by atoms with Crippen LogP contribution in [0.3, 0.4) is 0 Å². The molecular formula is C14H21FO3S. The minimum absolute atomic E-state index is 0.110. The van der Waals surface area contributed by atoms with Crippen LogP contribution in [0.1, 0.15) is 38.2 Å². The van der Waals surface area contributed by atoms with Gasteiger partial charge in [-0.25, -0.2) is 4.39 Å². The molecule has 0 heterocycles. The van der Waals surface area contributed by atoms with Crippen molar-refractivity contribution in [3.8, 4) is 0 Å². The fourth-order valence-corrected chi connectivity index (χ4v) is 2.55. The Morgan fingerprint density at radius 3 is 2.42 bits per heavy atom. The first kappa shape index (κ1) is 16.1. The Labute approximate surface area is 114 Å². The second-order valence-corrected chi connectivity index (χ2v) is 6.23. The van der Waals surface area contributed by atoms with Crippen LogP contribution in [0.4, 0.5) is 4.39 Å². The van der Waals surface area contributed by atoms with Crippen molar-refractivity contribution in [3.05, 3.63) is 29.8 Å². The molecule has 108 valence electrons. The molecule has 1 aromatic carbocycles. The molecule has 0 saturated carbocycles. The second-order valence-electron chi connectivity index (χ2n) is 4.62. The molecule has 0 aliphatic rings. The van der Waals surface area contributed by atoms with Crippen LogP contribution in [-0.2, 0) is 14.3 Å². The van der Waals surface area contributed by atoms with Gasteiger partial charge in [0.1, 0.15) is 6.17 Å². The summed E-state index contributed by atoms with van der Waals surface area (Å²) in [5.41, 5.74) is 0.974. The third-order valence-electron chi connectivity index (χ3n) is 2.85. The molecule has 0 saturated heterocycles. The van der Waals surface area contributed by atoms with Crippen molar-refractivity contribution < 1.29 is 17.0 Å². The highest BCUT2D eigenvalue weighted by Gasteiger charge is 2.16. The van der Waals surface area contributed by atoms with E-state index < -0.39 is 16.3 Å². The Bertz CT molecular complexity index is 468. The smallest absolute Gasteiger partial charge is 0.266 e. The molecule has 0 bridgehead atoms. The molecule has 0 fully saturated rings. The van der Waals surface area contributed by atoms with Crippen LogP contribution in [0.5, 0.6) is 0 Å². The normalized spacial score (nSPS) is 13.4. The van der Waals surface area contributed by atoms with E-state index in [-0.39, 0.29) is 17.9 Å². The lowest BCUT2D eigenvalue weighted by Gasteiger charge is -2.08. The summed E-state index contributed by atoms with van der Waals surface area (Å²) < 4.78 is 41.8. The minimum atomic E-state index is -3.76. The Balaban J connectivity index is 2.45. The van der Waals surface area contributed by atoms with E-state index in [2.05, 4.69) is 0 Å². The van der Waals surface area contributed by atoms with Crippen molar-refractivity contribution in [2.45, 2.75) is 50.6 Å². The standard InChI is InChI=1S/C14H21FO3S/c1-3-4-5-13(15)10-11-18-19(16,17)14-8-6-12(2)7-9-14/h6-9,13H,3-5,10-11H2,1-2H3/t13-/m0/s1. The Morgan fingerprint density at radius 1 is 1.21 bits per heavy atom. The zero-order valence-electron chi connectivity index (χ0n) is 11.4. The Morgan fingerprint density at radius 2 is 1.84 bits per heavy atom. The highest BCUT2D eigenvalue weighted by atomic mass is 32.2. The van der Waals surface area contributed by atoms with Gasteiger partial charge in [0.05, 0.1) is 11.5 Å². The molecule has 0 spiro atoms. The Kier molecular flexibility index (Phi) is 6.45. The van der Waals surface area contributed by atoms with Crippen molar-refractivity contribution in [1.29, 1.82) is 0 Å². The van der Waals surface area contributed by atoms with Gasteiger partial charge in [-0.1, -0.05) is 37.5 Å². The monoisotopic (exact) mass is 288 g/mol. The quantitative estimate of drug-likeness (QED) is 0.686. The van der Waals surface area contributed by atoms with Gasteiger partial charge in [-0.05, 0) is 25.5 Å². The predicted molar refractivity (Wildman–Crippen MR) is 73.4 cm³/mol. The third-order valence-corrected chi connectivity index (χ3v) is 4.18. The van der Waals surface area contributed by atoms with E-state index in [0.29, 0.717) is 6.42 Å². The molecule has 0 unspecified atom stereocenters. The first-order valence-electron chi connectivity index (χ1n) is 6.56. The van der Waals surface area contributed by atoms with E-state index >= 15 is 0 Å². The number of rotatable bonds is 8. The first-order valence-corrected chi connectivity index (χ1v) is 7.96. The van der Waals surface area contributed by atoms with Crippen LogP contribution in [0, 0.1) is 6.92 Å². The lowest BCUT2D eigenvalue weighted by atomic mass is 10.1. The lowest BCUT2D eigenvalue weighted by molar-refractivity contribution is 0.227. The number of unbranched alkanes of at least 4 members (excludes halogenated alkanes) is 1. The summed E-state index contributed by atoms with van der Waals surface area (Å²) >= 11 is 0. The van der Waals surface area contributed by atoms with Gasteiger partial charge < -0.3 is 0 Å². The Hall–Kier alpha value is -0.940. The summed E-state index contributed by atoms with van der Waals surface area (Å²) in [6.07, 6.45) is 1.33. The number of aryl methyl sites for hydroxylation is 1. The number of halogens is 1. The van der Waals surface area contributed by atoms with Gasteiger partial charge in [0.15, 0.2) is 0 Å². The zero-order valence-corrected chi connectivity index (χ0v) is 12.2. The van der Waals surface area contributed by atoms with Gasteiger partial charge in [-0.3, -0.25) is 4.18 Å². The molecule has 0 aromatic heterocycles. The van der Waals surface area contributed by atoms with Gasteiger partial charge in [0, 0.05) is 6.42 Å². The van der Waals surface area contributed by atoms with Crippen LogP contribution in [0.25, 0.3) is 0 Å². The molecule has 5 heteroatoms. The summed E-state index contributed by atoms with van der Waals surface area (Å²) in [7, 11) is -3.76. The van der Waals surface area contributed by atoms with Gasteiger partial charge in [0.2, 0.25) is 0 Å². The van der Waals surface area contributed by atoms with Crippen LogP contribution in [0.15, 0.2) is 29.2 Å². The molecule has 0 amide bonds. The second kappa shape index (κ2) is 7.60. The molecule has 0 radical (unpaired) electrons. The number of hydrogen-bond acceptors (Lipinski definition) is 3. The fraction of sp³-hybridized carbons (Fsp3) is 0.571. The third kappa shape index (κ3) is 5.70. The van der Waals surface area contributed by atoms with E-state index in [1.54, 1.807) is 12.1 Å². The van der Waals surface area contributed by atoms with Crippen LogP contribution in [0.2, 0.25) is 0 Å². The van der Waals surface area contributed by atoms with Crippen molar-refractivity contribution >= 4 is 10.1 Å². The highest BCUT2D eigenvalue weighted by Crippen LogP contribution is 2.15. The number of benzene rings is 1. The van der Waals surface area contributed by atoms with Crippen molar-refractivity contribution in [3.63, 3.8) is 0 Å². The van der Waals surface area contributed by atoms with Gasteiger partial charge >= 0.3 is 0 Å². The average molecular weight is 288 g/mol. The molecule has 19 heavy (non-hydrogen) atoms. The molecular weight excluding hydrogens is 267 g/mol. The van der Waals surface area contributed by atoms with Crippen molar-refractivity contribution in [2.24, 2.45) is 0 Å². The van der Waals surface area contributed by atoms with Gasteiger partial charge in [0.25, 0.3) is 10.1 Å². The van der Waals surface area contributed by atoms with Gasteiger partial charge in [-0.15, -0.1) is 0 Å². The van der Waals surface area contributed by atoms with E-state index in [1.807, 2.05) is 13.8 Å². The summed E-state index contributed by atoms with van der Waals surface area (Å²) in [6.45, 7) is 3.75. The first-order chi connectivity index (χ1) is 8.95. The van der Waals surface area contributed by atoms with E-state index in [1.165, 1.54) is 12.1 Å². The molecule has 3 nitrogen and oxygen atoms in total. The summed E-state index contributed by atoms with van der Waals surface area (Å²) in [5, 5.41) is 0. The van der Waals surface area contributed by atoms with E-state index in [9.17, 15) is 12.8 Å². The van der Waals surface area contributed by atoms with Crippen LogP contribution < -0.4 is 0 Å². The number of hydrogen-bond donors (Lipinski definition) is 0. The van der Waals surface area contributed by atoms with E-state index in [0.717, 1.165) is 18.4 Å². The molecule has 0 aliphatic carbocycles. The van der Waals surface area contributed by atoms with Crippen molar-refractivity contribution in [1.82, 2.24) is 0 Å². The summed E-state index contributed by atoms with van der Waals surface area (Å²) in [4.78, 5) is 0.113. The largest absolute Gasteiger partial charge is 0.296 e. The number of alkyl halides is 1. The maximum Gasteiger partial charge on any atom is 0.296 e.